The van der Waals surface area contributed by atoms with Crippen LogP contribution in [0.1, 0.15) is 23.2 Å². The minimum atomic E-state index is -0.526. The first-order valence-electron chi connectivity index (χ1n) is 5.50. The topological polar surface area (TPSA) is 40.5 Å². The molecule has 1 N–H and O–H groups in total. The van der Waals surface area contributed by atoms with E-state index in [4.69, 9.17) is 5.11 Å². The Labute approximate surface area is 107 Å². The van der Waals surface area contributed by atoms with E-state index in [2.05, 4.69) is 15.9 Å². The van der Waals surface area contributed by atoms with Gasteiger partial charge in [-0.3, -0.25) is 4.79 Å². The zero-order chi connectivity index (χ0) is 12.4. The van der Waals surface area contributed by atoms with E-state index in [0.29, 0.717) is 4.47 Å². The Kier molecular flexibility index (Phi) is 3.79. The van der Waals surface area contributed by atoms with Gasteiger partial charge in [-0.15, -0.1) is 0 Å². The molecule has 5 heteroatoms. The second kappa shape index (κ2) is 5.14. The molecule has 1 aromatic carbocycles. The molecule has 17 heavy (non-hydrogen) atoms. The van der Waals surface area contributed by atoms with Gasteiger partial charge < -0.3 is 10.0 Å². The number of amides is 1. The zero-order valence-corrected chi connectivity index (χ0v) is 10.8. The van der Waals surface area contributed by atoms with E-state index < -0.39 is 5.82 Å². The molecular formula is C12H13BrFNO2. The molecule has 1 aromatic rings. The van der Waals surface area contributed by atoms with Crippen molar-refractivity contribution in [3.05, 3.63) is 34.1 Å². The molecule has 1 aliphatic rings. The highest BCUT2D eigenvalue weighted by molar-refractivity contribution is 9.10. The fraction of sp³-hybridized carbons (Fsp3) is 0.417. The molecule has 3 nitrogen and oxygen atoms in total. The first-order chi connectivity index (χ1) is 8.13. The van der Waals surface area contributed by atoms with E-state index in [1.807, 2.05) is 0 Å². The highest BCUT2D eigenvalue weighted by Gasteiger charge is 2.33. The molecule has 1 amide bonds. The molecule has 0 heterocycles. The van der Waals surface area contributed by atoms with Crippen LogP contribution in [0, 0.1) is 5.82 Å². The van der Waals surface area contributed by atoms with Gasteiger partial charge in [0.15, 0.2) is 0 Å². The smallest absolute Gasteiger partial charge is 0.257 e. The largest absolute Gasteiger partial charge is 0.395 e. The Hall–Kier alpha value is -0.940. The summed E-state index contributed by atoms with van der Waals surface area (Å²) in [4.78, 5) is 13.7. The van der Waals surface area contributed by atoms with Crippen molar-refractivity contribution in [1.29, 1.82) is 0 Å². The van der Waals surface area contributed by atoms with Crippen molar-refractivity contribution in [3.8, 4) is 0 Å². The quantitative estimate of drug-likeness (QED) is 0.926. The van der Waals surface area contributed by atoms with Crippen LogP contribution in [0.3, 0.4) is 0 Å². The number of benzene rings is 1. The molecule has 0 unspecified atom stereocenters. The Morgan fingerprint density at radius 3 is 2.82 bits per heavy atom. The van der Waals surface area contributed by atoms with E-state index in [0.717, 1.165) is 12.8 Å². The molecule has 0 aromatic heterocycles. The summed E-state index contributed by atoms with van der Waals surface area (Å²) in [6, 6.07) is 4.46. The molecule has 0 bridgehead atoms. The number of rotatable bonds is 4. The van der Waals surface area contributed by atoms with Crippen molar-refractivity contribution in [2.45, 2.75) is 18.9 Å². The van der Waals surface area contributed by atoms with Gasteiger partial charge in [0.1, 0.15) is 5.82 Å². The lowest BCUT2D eigenvalue weighted by molar-refractivity contribution is 0.0703. The van der Waals surface area contributed by atoms with Crippen molar-refractivity contribution in [1.82, 2.24) is 4.90 Å². The number of halogens is 2. The maximum absolute atomic E-state index is 13.6. The lowest BCUT2D eigenvalue weighted by atomic mass is 10.2. The summed E-state index contributed by atoms with van der Waals surface area (Å²) >= 11 is 3.22. The summed E-state index contributed by atoms with van der Waals surface area (Å²) in [5, 5.41) is 8.94. The highest BCUT2D eigenvalue weighted by atomic mass is 79.9. The molecule has 0 spiro atoms. The monoisotopic (exact) mass is 301 g/mol. The van der Waals surface area contributed by atoms with Crippen molar-refractivity contribution in [3.63, 3.8) is 0 Å². The third-order valence-electron chi connectivity index (χ3n) is 2.75. The normalized spacial score (nSPS) is 14.8. The summed E-state index contributed by atoms with van der Waals surface area (Å²) in [5.74, 6) is -0.873. The van der Waals surface area contributed by atoms with E-state index in [1.165, 1.54) is 12.1 Å². The summed E-state index contributed by atoms with van der Waals surface area (Å²) in [7, 11) is 0. The minimum Gasteiger partial charge on any atom is -0.395 e. The Morgan fingerprint density at radius 1 is 1.53 bits per heavy atom. The molecular weight excluding hydrogens is 289 g/mol. The zero-order valence-electron chi connectivity index (χ0n) is 9.20. The first kappa shape index (κ1) is 12.5. The third-order valence-corrected chi connectivity index (χ3v) is 3.24. The number of hydrogen-bond donors (Lipinski definition) is 1. The Bertz CT molecular complexity index is 435. The van der Waals surface area contributed by atoms with Gasteiger partial charge in [-0.25, -0.2) is 4.39 Å². The number of nitrogens with zero attached hydrogens (tertiary/aromatic N) is 1. The molecule has 0 atom stereocenters. The molecule has 0 radical (unpaired) electrons. The SMILES string of the molecule is O=C(c1cc(Br)ccc1F)N(CCO)C1CC1. The van der Waals surface area contributed by atoms with E-state index in [1.54, 1.807) is 11.0 Å². The molecule has 1 saturated carbocycles. The van der Waals surface area contributed by atoms with Gasteiger partial charge in [0.05, 0.1) is 12.2 Å². The number of carbonyl (C=O) groups excluding carboxylic acids is 1. The molecule has 92 valence electrons. The van der Waals surface area contributed by atoms with Crippen molar-refractivity contribution in [2.24, 2.45) is 0 Å². The maximum Gasteiger partial charge on any atom is 0.257 e. The predicted molar refractivity (Wildman–Crippen MR) is 65.2 cm³/mol. The molecule has 1 aliphatic carbocycles. The van der Waals surface area contributed by atoms with Gasteiger partial charge in [-0.2, -0.15) is 0 Å². The average Bonchev–Trinajstić information content (AvgIpc) is 3.12. The molecule has 0 saturated heterocycles. The van der Waals surface area contributed by atoms with Crippen LogP contribution in [0.25, 0.3) is 0 Å². The van der Waals surface area contributed by atoms with E-state index in [9.17, 15) is 9.18 Å². The highest BCUT2D eigenvalue weighted by Crippen LogP contribution is 2.29. The van der Waals surface area contributed by atoms with E-state index >= 15 is 0 Å². The average molecular weight is 302 g/mol. The molecule has 1 fully saturated rings. The van der Waals surface area contributed by atoms with Gasteiger partial charge in [-0.1, -0.05) is 15.9 Å². The van der Waals surface area contributed by atoms with Gasteiger partial charge in [-0.05, 0) is 31.0 Å². The Balaban J connectivity index is 2.24. The summed E-state index contributed by atoms with van der Waals surface area (Å²) in [5.41, 5.74) is 0.0553. The standard InChI is InChI=1S/C12H13BrFNO2/c13-8-1-4-11(14)10(7-8)12(17)15(5-6-16)9-2-3-9/h1,4,7,9,16H,2-3,5-6H2. The van der Waals surface area contributed by atoms with Crippen molar-refractivity contribution in [2.75, 3.05) is 13.2 Å². The van der Waals surface area contributed by atoms with Crippen LogP contribution >= 0.6 is 15.9 Å². The lowest BCUT2D eigenvalue weighted by Gasteiger charge is -2.21. The van der Waals surface area contributed by atoms with Crippen LogP contribution in [0.2, 0.25) is 0 Å². The van der Waals surface area contributed by atoms with Gasteiger partial charge in [0.2, 0.25) is 0 Å². The molecule has 0 aliphatic heterocycles. The second-order valence-electron chi connectivity index (χ2n) is 4.08. The number of carbonyl (C=O) groups is 1. The van der Waals surface area contributed by atoms with Crippen LogP contribution < -0.4 is 0 Å². The third kappa shape index (κ3) is 2.84. The van der Waals surface area contributed by atoms with Gasteiger partial charge in [0.25, 0.3) is 5.91 Å². The summed E-state index contributed by atoms with van der Waals surface area (Å²) in [6.07, 6.45) is 1.86. The van der Waals surface area contributed by atoms with Crippen LogP contribution in [0.5, 0.6) is 0 Å². The maximum atomic E-state index is 13.6. The molecule has 2 rings (SSSR count). The Morgan fingerprint density at radius 2 is 2.24 bits per heavy atom. The van der Waals surface area contributed by atoms with Gasteiger partial charge in [0, 0.05) is 17.1 Å². The first-order valence-corrected chi connectivity index (χ1v) is 6.29. The van der Waals surface area contributed by atoms with Crippen LogP contribution in [-0.2, 0) is 0 Å². The second-order valence-corrected chi connectivity index (χ2v) is 4.99. The van der Waals surface area contributed by atoms with Gasteiger partial charge >= 0.3 is 0 Å². The number of hydrogen-bond acceptors (Lipinski definition) is 2. The number of aliphatic hydroxyl groups excluding tert-OH is 1. The van der Waals surface area contributed by atoms with Crippen LogP contribution in [-0.4, -0.2) is 35.1 Å². The van der Waals surface area contributed by atoms with Crippen LogP contribution in [0.4, 0.5) is 4.39 Å². The summed E-state index contributed by atoms with van der Waals surface area (Å²) < 4.78 is 14.2. The fourth-order valence-corrected chi connectivity index (χ4v) is 2.12. The number of aliphatic hydroxyl groups is 1. The van der Waals surface area contributed by atoms with Crippen LogP contribution in [0.15, 0.2) is 22.7 Å². The lowest BCUT2D eigenvalue weighted by Crippen LogP contribution is -2.36. The fourth-order valence-electron chi connectivity index (χ4n) is 1.76. The summed E-state index contributed by atoms with van der Waals surface area (Å²) in [6.45, 7) is 0.160. The van der Waals surface area contributed by atoms with Crippen molar-refractivity contribution < 1.29 is 14.3 Å². The van der Waals surface area contributed by atoms with E-state index in [-0.39, 0.29) is 30.7 Å². The minimum absolute atomic E-state index is 0.0553. The van der Waals surface area contributed by atoms with Crippen molar-refractivity contribution >= 4 is 21.8 Å². The predicted octanol–water partition coefficient (Wildman–Crippen LogP) is 2.19.